The molecule has 0 aromatic heterocycles. The Morgan fingerprint density at radius 3 is 2.59 bits per heavy atom. The van der Waals surface area contributed by atoms with Crippen LogP contribution in [0.5, 0.6) is 0 Å². The Hall–Kier alpha value is -1.84. The molecule has 5 heteroatoms. The van der Waals surface area contributed by atoms with Gasteiger partial charge in [-0.25, -0.2) is 5.01 Å². The fourth-order valence-corrected chi connectivity index (χ4v) is 3.02. The number of nitrogens with zero attached hydrogens (tertiary/aromatic N) is 2. The molecule has 0 aliphatic carbocycles. The van der Waals surface area contributed by atoms with Gasteiger partial charge in [0.15, 0.2) is 0 Å². The molecule has 0 radical (unpaired) electrons. The van der Waals surface area contributed by atoms with Crippen LogP contribution in [0.25, 0.3) is 0 Å². The molecule has 3 nitrogen and oxygen atoms in total. The molecule has 0 fully saturated rings. The third-order valence-electron chi connectivity index (χ3n) is 3.66. The highest BCUT2D eigenvalue weighted by molar-refractivity contribution is 6.36. The van der Waals surface area contributed by atoms with E-state index in [0.29, 0.717) is 16.5 Å². The molecule has 0 saturated carbocycles. The van der Waals surface area contributed by atoms with Crippen molar-refractivity contribution in [3.05, 3.63) is 69.7 Å². The predicted molar refractivity (Wildman–Crippen MR) is 89.3 cm³/mol. The van der Waals surface area contributed by atoms with Gasteiger partial charge in [0, 0.05) is 29.0 Å². The lowest BCUT2D eigenvalue weighted by Crippen LogP contribution is -2.24. The maximum absolute atomic E-state index is 11.9. The summed E-state index contributed by atoms with van der Waals surface area (Å²) in [7, 11) is 0. The summed E-state index contributed by atoms with van der Waals surface area (Å²) in [4.78, 5) is 11.9. The topological polar surface area (TPSA) is 32.7 Å². The first-order valence-electron chi connectivity index (χ1n) is 6.94. The number of hydrogen-bond donors (Lipinski definition) is 0. The summed E-state index contributed by atoms with van der Waals surface area (Å²) in [5, 5.41) is 7.17. The lowest BCUT2D eigenvalue weighted by molar-refractivity contribution is -0.130. The number of rotatable bonds is 2. The van der Waals surface area contributed by atoms with Crippen LogP contribution in [-0.2, 0) is 4.79 Å². The molecule has 0 bridgehead atoms. The Morgan fingerprint density at radius 2 is 1.91 bits per heavy atom. The Bertz CT molecular complexity index is 744. The summed E-state index contributed by atoms with van der Waals surface area (Å²) in [5.41, 5.74) is 2.60. The van der Waals surface area contributed by atoms with Crippen LogP contribution in [0.1, 0.15) is 30.5 Å². The lowest BCUT2D eigenvalue weighted by atomic mass is 9.98. The van der Waals surface area contributed by atoms with Crippen molar-refractivity contribution >= 4 is 34.8 Å². The van der Waals surface area contributed by atoms with Gasteiger partial charge in [-0.3, -0.25) is 4.79 Å². The quantitative estimate of drug-likeness (QED) is 0.785. The summed E-state index contributed by atoms with van der Waals surface area (Å²) >= 11 is 12.3. The first-order valence-corrected chi connectivity index (χ1v) is 7.69. The first kappa shape index (κ1) is 15.1. The maximum atomic E-state index is 11.9. The molecular weight excluding hydrogens is 319 g/mol. The van der Waals surface area contributed by atoms with Crippen molar-refractivity contribution in [1.29, 1.82) is 0 Å². The number of benzene rings is 2. The monoisotopic (exact) mass is 332 g/mol. The molecule has 22 heavy (non-hydrogen) atoms. The van der Waals surface area contributed by atoms with Crippen LogP contribution in [0.15, 0.2) is 53.6 Å². The fourth-order valence-electron chi connectivity index (χ4n) is 2.62. The van der Waals surface area contributed by atoms with E-state index in [1.807, 2.05) is 30.3 Å². The normalized spacial score (nSPS) is 17.5. The zero-order chi connectivity index (χ0) is 15.7. The number of carbonyl (C=O) groups excluding carboxylic acids is 1. The highest BCUT2D eigenvalue weighted by atomic mass is 35.5. The number of carbonyl (C=O) groups is 1. The number of hydrogen-bond acceptors (Lipinski definition) is 2. The molecule has 1 aliphatic heterocycles. The van der Waals surface area contributed by atoms with E-state index in [0.717, 1.165) is 16.8 Å². The standard InChI is InChI=1S/C17H14Cl2N2O/c1-11(22)21-17(12-5-3-2-4-6-12)10-16(20-21)14-9-13(18)7-8-15(14)19/h2-9,17H,10H2,1H3. The highest BCUT2D eigenvalue weighted by Crippen LogP contribution is 2.34. The van der Waals surface area contributed by atoms with Gasteiger partial charge in [-0.05, 0) is 23.8 Å². The van der Waals surface area contributed by atoms with Gasteiger partial charge >= 0.3 is 0 Å². The zero-order valence-corrected chi connectivity index (χ0v) is 13.5. The maximum Gasteiger partial charge on any atom is 0.240 e. The van der Waals surface area contributed by atoms with E-state index in [-0.39, 0.29) is 11.9 Å². The average Bonchev–Trinajstić information content (AvgIpc) is 2.96. The van der Waals surface area contributed by atoms with Crippen LogP contribution in [0.3, 0.4) is 0 Å². The van der Waals surface area contributed by atoms with Crippen LogP contribution in [0, 0.1) is 0 Å². The number of hydrazone groups is 1. The summed E-state index contributed by atoms with van der Waals surface area (Å²) < 4.78 is 0. The largest absolute Gasteiger partial charge is 0.273 e. The minimum atomic E-state index is -0.108. The average molecular weight is 333 g/mol. The van der Waals surface area contributed by atoms with Crippen LogP contribution >= 0.6 is 23.2 Å². The highest BCUT2D eigenvalue weighted by Gasteiger charge is 2.31. The predicted octanol–water partition coefficient (Wildman–Crippen LogP) is 4.69. The molecule has 0 saturated heterocycles. The SMILES string of the molecule is CC(=O)N1N=C(c2cc(Cl)ccc2Cl)CC1c1ccccc1. The second kappa shape index (κ2) is 6.11. The van der Waals surface area contributed by atoms with Gasteiger partial charge in [-0.2, -0.15) is 5.10 Å². The lowest BCUT2D eigenvalue weighted by Gasteiger charge is -2.20. The number of amides is 1. The van der Waals surface area contributed by atoms with E-state index in [9.17, 15) is 4.79 Å². The second-order valence-corrected chi connectivity index (χ2v) is 6.01. The van der Waals surface area contributed by atoms with E-state index in [2.05, 4.69) is 5.10 Å². The smallest absolute Gasteiger partial charge is 0.240 e. The van der Waals surface area contributed by atoms with Gasteiger partial charge in [-0.15, -0.1) is 0 Å². The van der Waals surface area contributed by atoms with Crippen molar-refractivity contribution in [3.63, 3.8) is 0 Å². The summed E-state index contributed by atoms with van der Waals surface area (Å²) in [6, 6.07) is 15.0. The van der Waals surface area contributed by atoms with E-state index in [4.69, 9.17) is 23.2 Å². The van der Waals surface area contributed by atoms with Gasteiger partial charge in [0.1, 0.15) is 0 Å². The first-order chi connectivity index (χ1) is 10.6. The van der Waals surface area contributed by atoms with Crippen molar-refractivity contribution in [2.75, 3.05) is 0 Å². The summed E-state index contributed by atoms with van der Waals surface area (Å²) in [5.74, 6) is -0.0954. The Balaban J connectivity index is 2.00. The van der Waals surface area contributed by atoms with Crippen LogP contribution in [0.4, 0.5) is 0 Å². The molecule has 0 spiro atoms. The summed E-state index contributed by atoms with van der Waals surface area (Å²) in [6.45, 7) is 1.52. The molecule has 2 aromatic rings. The van der Waals surface area contributed by atoms with Crippen molar-refractivity contribution in [2.45, 2.75) is 19.4 Å². The minimum Gasteiger partial charge on any atom is -0.273 e. The fraction of sp³-hybridized carbons (Fsp3) is 0.176. The third kappa shape index (κ3) is 2.87. The van der Waals surface area contributed by atoms with Crippen molar-refractivity contribution < 1.29 is 4.79 Å². The van der Waals surface area contributed by atoms with Crippen LogP contribution < -0.4 is 0 Å². The molecule has 2 aromatic carbocycles. The molecule has 1 unspecified atom stereocenters. The van der Waals surface area contributed by atoms with Crippen molar-refractivity contribution in [3.8, 4) is 0 Å². The van der Waals surface area contributed by atoms with Crippen LogP contribution in [0.2, 0.25) is 10.0 Å². The Morgan fingerprint density at radius 1 is 1.18 bits per heavy atom. The van der Waals surface area contributed by atoms with E-state index < -0.39 is 0 Å². The van der Waals surface area contributed by atoms with E-state index >= 15 is 0 Å². The summed E-state index contributed by atoms with van der Waals surface area (Å²) in [6.07, 6.45) is 0.615. The van der Waals surface area contributed by atoms with E-state index in [1.54, 1.807) is 18.2 Å². The Kier molecular flexibility index (Phi) is 4.19. The molecule has 1 atom stereocenters. The molecule has 1 heterocycles. The second-order valence-electron chi connectivity index (χ2n) is 5.17. The van der Waals surface area contributed by atoms with Gasteiger partial charge in [0.25, 0.3) is 0 Å². The third-order valence-corrected chi connectivity index (χ3v) is 4.22. The molecule has 1 aliphatic rings. The van der Waals surface area contributed by atoms with Gasteiger partial charge < -0.3 is 0 Å². The van der Waals surface area contributed by atoms with Crippen LogP contribution in [-0.4, -0.2) is 16.6 Å². The van der Waals surface area contributed by atoms with Crippen molar-refractivity contribution in [2.24, 2.45) is 5.10 Å². The Labute approximate surface area is 139 Å². The zero-order valence-electron chi connectivity index (χ0n) is 12.0. The van der Waals surface area contributed by atoms with Gasteiger partial charge in [0.2, 0.25) is 5.91 Å². The molecular formula is C17H14Cl2N2O. The van der Waals surface area contributed by atoms with E-state index in [1.165, 1.54) is 11.9 Å². The molecule has 3 rings (SSSR count). The number of halogens is 2. The van der Waals surface area contributed by atoms with Gasteiger partial charge in [0.05, 0.1) is 11.8 Å². The molecule has 1 amide bonds. The van der Waals surface area contributed by atoms with Gasteiger partial charge in [-0.1, -0.05) is 53.5 Å². The van der Waals surface area contributed by atoms with Crippen molar-refractivity contribution in [1.82, 2.24) is 5.01 Å². The molecule has 112 valence electrons. The molecule has 0 N–H and O–H groups in total. The minimum absolute atomic E-state index is 0.0954.